The van der Waals surface area contributed by atoms with Gasteiger partial charge in [-0.25, -0.2) is 0 Å². The molecule has 5 heterocycles. The van der Waals surface area contributed by atoms with Gasteiger partial charge in [-0.3, -0.25) is 0 Å². The molecular weight excluding hydrogens is 449 g/mol. The van der Waals surface area contributed by atoms with Crippen LogP contribution in [0.1, 0.15) is 19.5 Å². The van der Waals surface area contributed by atoms with Crippen LogP contribution in [-0.4, -0.2) is 0 Å². The summed E-state index contributed by atoms with van der Waals surface area (Å²) in [5.41, 5.74) is 2.83. The van der Waals surface area contributed by atoms with E-state index in [9.17, 15) is 0 Å². The Morgan fingerprint density at radius 3 is 0.966 bits per heavy atom. The van der Waals surface area contributed by atoms with Crippen LogP contribution in [-0.2, 0) is 0 Å². The highest BCUT2D eigenvalue weighted by Gasteiger charge is 2.26. The molecule has 0 aromatic carbocycles. The van der Waals surface area contributed by atoms with Crippen molar-refractivity contribution in [3.63, 3.8) is 0 Å². The van der Waals surface area contributed by atoms with Gasteiger partial charge in [-0.2, -0.15) is 0 Å². The van der Waals surface area contributed by atoms with Crippen LogP contribution < -0.4 is 0 Å². The van der Waals surface area contributed by atoms with Gasteiger partial charge in [0.05, 0.1) is 9.75 Å². The quantitative estimate of drug-likeness (QED) is 0.246. The second kappa shape index (κ2) is 7.64. The maximum atomic E-state index is 2.30. The summed E-state index contributed by atoms with van der Waals surface area (Å²) in [5, 5.41) is 0. The van der Waals surface area contributed by atoms with Crippen molar-refractivity contribution in [2.45, 2.75) is 27.7 Å². The van der Waals surface area contributed by atoms with Gasteiger partial charge in [0.2, 0.25) is 0 Å². The zero-order chi connectivity index (χ0) is 20.1. The van der Waals surface area contributed by atoms with Crippen molar-refractivity contribution < 1.29 is 0 Å². The Labute approximate surface area is 191 Å². The van der Waals surface area contributed by atoms with Crippen molar-refractivity contribution in [2.24, 2.45) is 0 Å². The van der Waals surface area contributed by atoms with E-state index in [-0.39, 0.29) is 0 Å². The largest absolute Gasteiger partial charge is 0.141 e. The van der Waals surface area contributed by atoms with Crippen molar-refractivity contribution in [2.75, 3.05) is 0 Å². The van der Waals surface area contributed by atoms with E-state index < -0.39 is 0 Å². The fourth-order valence-corrected chi connectivity index (χ4v) is 8.78. The summed E-state index contributed by atoms with van der Waals surface area (Å²) in [6.07, 6.45) is 0. The first kappa shape index (κ1) is 19.5. The fourth-order valence-electron chi connectivity index (χ4n) is 3.50. The van der Waals surface area contributed by atoms with Crippen LogP contribution in [0.3, 0.4) is 0 Å². The SMILES string of the molecule is Cc1ccc(-c2sc(-c3ccc(C)s3)c(-c3ccc(C)s3)c2-c2ccc(C)s2)s1. The Morgan fingerprint density at radius 1 is 0.379 bits per heavy atom. The van der Waals surface area contributed by atoms with Gasteiger partial charge in [0.25, 0.3) is 0 Å². The lowest BCUT2D eigenvalue weighted by Crippen LogP contribution is -1.79. The minimum atomic E-state index is 1.36. The molecule has 0 bridgehead atoms. The van der Waals surface area contributed by atoms with Crippen LogP contribution in [0.5, 0.6) is 0 Å². The van der Waals surface area contributed by atoms with E-state index in [0.29, 0.717) is 0 Å². The average molecular weight is 469 g/mol. The Morgan fingerprint density at radius 2 is 0.690 bits per heavy atom. The van der Waals surface area contributed by atoms with Crippen LogP contribution in [0.4, 0.5) is 0 Å². The van der Waals surface area contributed by atoms with E-state index in [1.54, 1.807) is 0 Å². The summed E-state index contributed by atoms with van der Waals surface area (Å²) in [6, 6.07) is 18.2. The lowest BCUT2D eigenvalue weighted by molar-refractivity contribution is 1.64. The Bertz CT molecular complexity index is 1200. The Hall–Kier alpha value is -1.50. The van der Waals surface area contributed by atoms with Crippen molar-refractivity contribution in [3.05, 3.63) is 68.0 Å². The molecule has 0 saturated carbocycles. The molecule has 0 fully saturated rings. The summed E-state index contributed by atoms with van der Waals surface area (Å²) in [7, 11) is 0. The van der Waals surface area contributed by atoms with Gasteiger partial charge in [-0.05, 0) is 76.2 Å². The molecule has 0 nitrogen and oxygen atoms in total. The maximum Gasteiger partial charge on any atom is 0.0542 e. The van der Waals surface area contributed by atoms with Gasteiger partial charge in [-0.1, -0.05) is 0 Å². The third-order valence-electron chi connectivity index (χ3n) is 4.81. The molecule has 0 aliphatic heterocycles. The van der Waals surface area contributed by atoms with Gasteiger partial charge in [-0.15, -0.1) is 56.7 Å². The highest BCUT2D eigenvalue weighted by atomic mass is 32.1. The number of rotatable bonds is 4. The first-order valence-electron chi connectivity index (χ1n) is 9.43. The van der Waals surface area contributed by atoms with E-state index >= 15 is 0 Å². The molecule has 29 heavy (non-hydrogen) atoms. The van der Waals surface area contributed by atoms with E-state index in [1.165, 1.54) is 59.9 Å². The van der Waals surface area contributed by atoms with Gasteiger partial charge < -0.3 is 0 Å². The highest BCUT2D eigenvalue weighted by molar-refractivity contribution is 7.28. The first-order valence-corrected chi connectivity index (χ1v) is 13.5. The van der Waals surface area contributed by atoms with Crippen molar-refractivity contribution >= 4 is 56.7 Å². The zero-order valence-electron chi connectivity index (χ0n) is 16.7. The van der Waals surface area contributed by atoms with Gasteiger partial charge in [0.15, 0.2) is 0 Å². The average Bonchev–Trinajstić information content (AvgIpc) is 3.45. The zero-order valence-corrected chi connectivity index (χ0v) is 20.7. The molecule has 0 spiro atoms. The monoisotopic (exact) mass is 468 g/mol. The van der Waals surface area contributed by atoms with Gasteiger partial charge in [0, 0.05) is 50.1 Å². The van der Waals surface area contributed by atoms with Crippen LogP contribution in [0.2, 0.25) is 0 Å². The standard InChI is InChI=1S/C24H20S5/c1-13-5-9-17(25-13)21-22(18-10-6-14(2)26-18)24(20-12-8-16(4)28-20)29-23(21)19-11-7-15(3)27-19/h5-12H,1-4H3. The van der Waals surface area contributed by atoms with E-state index in [4.69, 9.17) is 0 Å². The summed E-state index contributed by atoms with van der Waals surface area (Å²) in [5.74, 6) is 0. The van der Waals surface area contributed by atoms with Crippen LogP contribution in [0.25, 0.3) is 40.4 Å². The third-order valence-corrected chi connectivity index (χ3v) is 10.4. The molecule has 5 heteroatoms. The van der Waals surface area contributed by atoms with Gasteiger partial charge in [0.1, 0.15) is 0 Å². The molecule has 0 amide bonds. The molecule has 0 aliphatic rings. The van der Waals surface area contributed by atoms with Crippen molar-refractivity contribution in [1.82, 2.24) is 0 Å². The number of thiophene rings is 5. The molecule has 0 aliphatic carbocycles. The number of hydrogen-bond acceptors (Lipinski definition) is 5. The summed E-state index contributed by atoms with van der Waals surface area (Å²) in [4.78, 5) is 13.8. The first-order chi connectivity index (χ1) is 14.0. The predicted octanol–water partition coefficient (Wildman–Crippen LogP) is 9.90. The maximum absolute atomic E-state index is 2.30. The topological polar surface area (TPSA) is 0 Å². The molecule has 0 saturated heterocycles. The van der Waals surface area contributed by atoms with E-state index in [1.807, 2.05) is 56.7 Å². The lowest BCUT2D eigenvalue weighted by atomic mass is 10.0. The second-order valence-electron chi connectivity index (χ2n) is 7.15. The predicted molar refractivity (Wildman–Crippen MR) is 137 cm³/mol. The van der Waals surface area contributed by atoms with E-state index in [2.05, 4.69) is 76.2 Å². The fraction of sp³-hybridized carbons (Fsp3) is 0.167. The van der Waals surface area contributed by atoms with Crippen LogP contribution >= 0.6 is 56.7 Å². The molecule has 0 N–H and O–H groups in total. The Kier molecular flexibility index (Phi) is 5.13. The smallest absolute Gasteiger partial charge is 0.0542 e. The van der Waals surface area contributed by atoms with Gasteiger partial charge >= 0.3 is 0 Å². The molecule has 0 unspecified atom stereocenters. The third kappa shape index (κ3) is 3.60. The van der Waals surface area contributed by atoms with Crippen LogP contribution in [0.15, 0.2) is 48.5 Å². The summed E-state index contributed by atoms with van der Waals surface area (Å²) >= 11 is 9.57. The lowest BCUT2D eigenvalue weighted by Gasteiger charge is -2.05. The minimum Gasteiger partial charge on any atom is -0.141 e. The number of aryl methyl sites for hydroxylation is 4. The molecule has 5 aromatic heterocycles. The second-order valence-corrected chi connectivity index (χ2v) is 13.3. The van der Waals surface area contributed by atoms with Crippen LogP contribution in [0, 0.1) is 27.7 Å². The Balaban J connectivity index is 1.87. The highest BCUT2D eigenvalue weighted by Crippen LogP contribution is 2.55. The molecule has 0 atom stereocenters. The minimum absolute atomic E-state index is 1.36. The normalized spacial score (nSPS) is 11.4. The molecule has 146 valence electrons. The van der Waals surface area contributed by atoms with E-state index in [0.717, 1.165) is 0 Å². The molecule has 5 rings (SSSR count). The summed E-state index contributed by atoms with van der Waals surface area (Å²) < 4.78 is 0. The summed E-state index contributed by atoms with van der Waals surface area (Å²) in [6.45, 7) is 8.80. The molecular formula is C24H20S5. The van der Waals surface area contributed by atoms with Crippen molar-refractivity contribution in [1.29, 1.82) is 0 Å². The number of hydrogen-bond donors (Lipinski definition) is 0. The molecule has 0 radical (unpaired) electrons. The van der Waals surface area contributed by atoms with Crippen molar-refractivity contribution in [3.8, 4) is 40.4 Å². The molecule has 5 aromatic rings.